The highest BCUT2D eigenvalue weighted by molar-refractivity contribution is 5.75. The van der Waals surface area contributed by atoms with Crippen LogP contribution in [-0.2, 0) is 11.2 Å². The first-order valence-corrected chi connectivity index (χ1v) is 5.33. The molecule has 0 atom stereocenters. The molecule has 3 heteroatoms. The van der Waals surface area contributed by atoms with Crippen molar-refractivity contribution in [2.24, 2.45) is 0 Å². The van der Waals surface area contributed by atoms with Crippen LogP contribution in [0.15, 0.2) is 24.3 Å². The van der Waals surface area contributed by atoms with Crippen molar-refractivity contribution in [2.45, 2.75) is 26.2 Å². The Balaban J connectivity index is 2.26. The molecule has 0 heterocycles. The molecule has 0 spiro atoms. The van der Waals surface area contributed by atoms with Crippen molar-refractivity contribution < 1.29 is 4.79 Å². The van der Waals surface area contributed by atoms with E-state index in [0.29, 0.717) is 13.0 Å². The second kappa shape index (κ2) is 6.06. The Labute approximate surface area is 90.7 Å². The lowest BCUT2D eigenvalue weighted by molar-refractivity contribution is -0.121. The minimum absolute atomic E-state index is 0.132. The molecular weight excluding hydrogens is 188 g/mol. The van der Waals surface area contributed by atoms with Crippen LogP contribution in [0, 0.1) is 0 Å². The van der Waals surface area contributed by atoms with Gasteiger partial charge in [0.25, 0.3) is 0 Å². The van der Waals surface area contributed by atoms with E-state index in [9.17, 15) is 4.79 Å². The molecule has 0 aliphatic rings. The van der Waals surface area contributed by atoms with Gasteiger partial charge in [-0.3, -0.25) is 4.79 Å². The first-order valence-electron chi connectivity index (χ1n) is 5.33. The highest BCUT2D eigenvalue weighted by Crippen LogP contribution is 2.05. The van der Waals surface area contributed by atoms with Gasteiger partial charge in [0.05, 0.1) is 0 Å². The molecular formula is C12H18N2O. The summed E-state index contributed by atoms with van der Waals surface area (Å²) < 4.78 is 0. The first-order chi connectivity index (χ1) is 7.22. The number of hydrogen-bond donors (Lipinski definition) is 2. The van der Waals surface area contributed by atoms with Crippen LogP contribution in [0.3, 0.4) is 0 Å². The third-order valence-electron chi connectivity index (χ3n) is 2.19. The van der Waals surface area contributed by atoms with Crippen molar-refractivity contribution >= 4 is 11.6 Å². The molecule has 0 fully saturated rings. The number of carbonyl (C=O) groups excluding carboxylic acids is 1. The summed E-state index contributed by atoms with van der Waals surface area (Å²) in [6.07, 6.45) is 2.37. The summed E-state index contributed by atoms with van der Waals surface area (Å²) in [5.74, 6) is 0.132. The molecule has 1 rings (SSSR count). The zero-order chi connectivity index (χ0) is 11.1. The highest BCUT2D eigenvalue weighted by Gasteiger charge is 1.98. The monoisotopic (exact) mass is 206 g/mol. The summed E-state index contributed by atoms with van der Waals surface area (Å²) in [4.78, 5) is 11.2. The number of rotatable bonds is 5. The molecule has 1 aromatic rings. The maximum Gasteiger partial charge on any atom is 0.219 e. The van der Waals surface area contributed by atoms with Crippen LogP contribution < -0.4 is 11.1 Å². The number of nitrogens with two attached hydrogens (primary N) is 1. The Morgan fingerprint density at radius 3 is 2.60 bits per heavy atom. The Morgan fingerprint density at radius 1 is 1.33 bits per heavy atom. The molecule has 3 N–H and O–H groups in total. The predicted molar refractivity (Wildman–Crippen MR) is 62.5 cm³/mol. The zero-order valence-electron chi connectivity index (χ0n) is 9.12. The van der Waals surface area contributed by atoms with E-state index in [1.807, 2.05) is 31.2 Å². The second-order valence-electron chi connectivity index (χ2n) is 3.59. The summed E-state index contributed by atoms with van der Waals surface area (Å²) in [5, 5.41) is 2.88. The number of nitrogen functional groups attached to an aromatic ring is 1. The molecule has 0 saturated heterocycles. The Hall–Kier alpha value is -1.51. The van der Waals surface area contributed by atoms with Gasteiger partial charge in [0.2, 0.25) is 5.91 Å². The minimum Gasteiger partial charge on any atom is -0.399 e. The van der Waals surface area contributed by atoms with E-state index in [0.717, 1.165) is 18.5 Å². The van der Waals surface area contributed by atoms with E-state index in [2.05, 4.69) is 5.32 Å². The smallest absolute Gasteiger partial charge is 0.219 e. The van der Waals surface area contributed by atoms with Crippen LogP contribution in [-0.4, -0.2) is 12.5 Å². The number of anilines is 1. The molecule has 82 valence electrons. The van der Waals surface area contributed by atoms with Crippen molar-refractivity contribution in [3.8, 4) is 0 Å². The standard InChI is InChI=1S/C12H18N2O/c1-2-3-12(15)14-9-8-10-4-6-11(13)7-5-10/h4-7H,2-3,8-9,13H2,1H3,(H,14,15). The van der Waals surface area contributed by atoms with Gasteiger partial charge in [-0.25, -0.2) is 0 Å². The third kappa shape index (κ3) is 4.49. The fourth-order valence-corrected chi connectivity index (χ4v) is 1.35. The number of benzene rings is 1. The molecule has 1 aromatic carbocycles. The first kappa shape index (κ1) is 11.6. The third-order valence-corrected chi connectivity index (χ3v) is 2.19. The SMILES string of the molecule is CCCC(=O)NCCc1ccc(N)cc1. The van der Waals surface area contributed by atoms with E-state index in [1.54, 1.807) is 0 Å². The van der Waals surface area contributed by atoms with E-state index < -0.39 is 0 Å². The second-order valence-corrected chi connectivity index (χ2v) is 3.59. The molecule has 0 unspecified atom stereocenters. The van der Waals surface area contributed by atoms with Gasteiger partial charge < -0.3 is 11.1 Å². The molecule has 3 nitrogen and oxygen atoms in total. The largest absolute Gasteiger partial charge is 0.399 e. The Bertz CT molecular complexity index is 306. The van der Waals surface area contributed by atoms with Crippen LogP contribution in [0.4, 0.5) is 5.69 Å². The average molecular weight is 206 g/mol. The lowest BCUT2D eigenvalue weighted by Crippen LogP contribution is -2.25. The van der Waals surface area contributed by atoms with E-state index in [1.165, 1.54) is 5.56 Å². The summed E-state index contributed by atoms with van der Waals surface area (Å²) in [7, 11) is 0. The average Bonchev–Trinajstić information content (AvgIpc) is 2.21. The molecule has 0 aromatic heterocycles. The van der Waals surface area contributed by atoms with Crippen LogP contribution in [0.1, 0.15) is 25.3 Å². The highest BCUT2D eigenvalue weighted by atomic mass is 16.1. The lowest BCUT2D eigenvalue weighted by Gasteiger charge is -2.04. The van der Waals surface area contributed by atoms with Crippen molar-refractivity contribution in [2.75, 3.05) is 12.3 Å². The zero-order valence-corrected chi connectivity index (χ0v) is 9.12. The van der Waals surface area contributed by atoms with E-state index in [4.69, 9.17) is 5.73 Å². The molecule has 0 bridgehead atoms. The van der Waals surface area contributed by atoms with Crippen LogP contribution in [0.5, 0.6) is 0 Å². The Kier molecular flexibility index (Phi) is 4.68. The Morgan fingerprint density at radius 2 is 2.00 bits per heavy atom. The van der Waals surface area contributed by atoms with Gasteiger partial charge in [0.1, 0.15) is 0 Å². The van der Waals surface area contributed by atoms with Crippen LogP contribution >= 0.6 is 0 Å². The predicted octanol–water partition coefficient (Wildman–Crippen LogP) is 1.73. The fraction of sp³-hybridized carbons (Fsp3) is 0.417. The van der Waals surface area contributed by atoms with E-state index >= 15 is 0 Å². The van der Waals surface area contributed by atoms with Gasteiger partial charge in [-0.1, -0.05) is 19.1 Å². The number of carbonyl (C=O) groups is 1. The van der Waals surface area contributed by atoms with Gasteiger partial charge in [0.15, 0.2) is 0 Å². The maximum absolute atomic E-state index is 11.2. The van der Waals surface area contributed by atoms with Gasteiger partial charge in [-0.2, -0.15) is 0 Å². The number of nitrogens with one attached hydrogen (secondary N) is 1. The van der Waals surface area contributed by atoms with Crippen molar-refractivity contribution in [1.29, 1.82) is 0 Å². The maximum atomic E-state index is 11.2. The van der Waals surface area contributed by atoms with Gasteiger partial charge >= 0.3 is 0 Å². The molecule has 0 aliphatic heterocycles. The van der Waals surface area contributed by atoms with E-state index in [-0.39, 0.29) is 5.91 Å². The van der Waals surface area contributed by atoms with Gasteiger partial charge in [-0.05, 0) is 30.5 Å². The normalized spacial score (nSPS) is 9.93. The fourth-order valence-electron chi connectivity index (χ4n) is 1.35. The molecule has 0 saturated carbocycles. The molecule has 15 heavy (non-hydrogen) atoms. The summed E-state index contributed by atoms with van der Waals surface area (Å²) in [5.41, 5.74) is 7.54. The molecule has 1 amide bonds. The van der Waals surface area contributed by atoms with Gasteiger partial charge in [-0.15, -0.1) is 0 Å². The quantitative estimate of drug-likeness (QED) is 0.721. The van der Waals surface area contributed by atoms with Crippen molar-refractivity contribution in [3.63, 3.8) is 0 Å². The van der Waals surface area contributed by atoms with Crippen LogP contribution in [0.2, 0.25) is 0 Å². The minimum atomic E-state index is 0.132. The molecule has 0 radical (unpaired) electrons. The van der Waals surface area contributed by atoms with Gasteiger partial charge in [0, 0.05) is 18.7 Å². The number of amides is 1. The van der Waals surface area contributed by atoms with Crippen molar-refractivity contribution in [3.05, 3.63) is 29.8 Å². The number of hydrogen-bond acceptors (Lipinski definition) is 2. The molecule has 0 aliphatic carbocycles. The summed E-state index contributed by atoms with van der Waals surface area (Å²) in [6.45, 7) is 2.70. The van der Waals surface area contributed by atoms with Crippen molar-refractivity contribution in [1.82, 2.24) is 5.32 Å². The lowest BCUT2D eigenvalue weighted by atomic mass is 10.1. The summed E-state index contributed by atoms with van der Waals surface area (Å²) in [6, 6.07) is 7.73. The summed E-state index contributed by atoms with van der Waals surface area (Å²) >= 11 is 0. The topological polar surface area (TPSA) is 55.1 Å². The van der Waals surface area contributed by atoms with Crippen LogP contribution in [0.25, 0.3) is 0 Å².